The first-order valence-corrected chi connectivity index (χ1v) is 7.84. The highest BCUT2D eigenvalue weighted by Gasteiger charge is 2.36. The molecule has 1 aliphatic carbocycles. The van der Waals surface area contributed by atoms with Gasteiger partial charge in [0.25, 0.3) is 0 Å². The molecule has 1 aliphatic rings. The Morgan fingerprint density at radius 3 is 2.30 bits per heavy atom. The van der Waals surface area contributed by atoms with Crippen LogP contribution >= 0.6 is 0 Å². The summed E-state index contributed by atoms with van der Waals surface area (Å²) in [4.78, 5) is 14.1. The molecular weight excluding hydrogens is 250 g/mol. The van der Waals surface area contributed by atoms with E-state index in [1.54, 1.807) is 0 Å². The zero-order chi connectivity index (χ0) is 15.6. The molecule has 4 heteroatoms. The van der Waals surface area contributed by atoms with Crippen LogP contribution in [0.5, 0.6) is 0 Å². The van der Waals surface area contributed by atoms with Crippen LogP contribution in [0.1, 0.15) is 60.3 Å². The Balaban J connectivity index is 2.42. The predicted molar refractivity (Wildman–Crippen MR) is 84.5 cm³/mol. The lowest BCUT2D eigenvalue weighted by Gasteiger charge is -2.36. The lowest BCUT2D eigenvalue weighted by atomic mass is 9.87. The molecule has 0 bridgehead atoms. The number of carbonyl (C=O) groups is 1. The lowest BCUT2D eigenvalue weighted by molar-refractivity contribution is -0.124. The van der Waals surface area contributed by atoms with E-state index in [4.69, 9.17) is 5.73 Å². The van der Waals surface area contributed by atoms with Gasteiger partial charge in [0.15, 0.2) is 0 Å². The zero-order valence-electron chi connectivity index (χ0n) is 14.1. The molecule has 0 spiro atoms. The van der Waals surface area contributed by atoms with Crippen LogP contribution in [0.25, 0.3) is 0 Å². The Hall–Kier alpha value is -0.610. The number of hydrogen-bond acceptors (Lipinski definition) is 3. The fourth-order valence-electron chi connectivity index (χ4n) is 2.48. The molecular formula is C16H33N3O. The van der Waals surface area contributed by atoms with Gasteiger partial charge in [0.1, 0.15) is 0 Å². The fraction of sp³-hybridized carbons (Fsp3) is 0.938. The zero-order valence-corrected chi connectivity index (χ0v) is 14.1. The number of primary amides is 1. The Kier molecular flexibility index (Phi) is 5.61. The molecule has 2 atom stereocenters. The van der Waals surface area contributed by atoms with Gasteiger partial charge in [0.05, 0.1) is 5.54 Å². The smallest absolute Gasteiger partial charge is 0.237 e. The number of nitrogens with one attached hydrogen (secondary N) is 1. The van der Waals surface area contributed by atoms with Crippen molar-refractivity contribution in [1.29, 1.82) is 0 Å². The minimum absolute atomic E-state index is 0.226. The summed E-state index contributed by atoms with van der Waals surface area (Å²) in [5, 5.41) is 3.41. The van der Waals surface area contributed by atoms with Gasteiger partial charge in [0, 0.05) is 12.1 Å². The van der Waals surface area contributed by atoms with Crippen molar-refractivity contribution < 1.29 is 4.79 Å². The third kappa shape index (κ3) is 5.06. The van der Waals surface area contributed by atoms with Crippen molar-refractivity contribution in [2.45, 2.75) is 77.9 Å². The van der Waals surface area contributed by atoms with E-state index in [9.17, 15) is 4.79 Å². The van der Waals surface area contributed by atoms with Crippen LogP contribution in [0.2, 0.25) is 0 Å². The van der Waals surface area contributed by atoms with Gasteiger partial charge in [-0.2, -0.15) is 0 Å². The fourth-order valence-corrected chi connectivity index (χ4v) is 2.48. The maximum Gasteiger partial charge on any atom is 0.237 e. The number of nitrogens with two attached hydrogens (primary N) is 1. The molecule has 0 heterocycles. The SMILES string of the molecule is CC(N(C)CCCC(C)(NC1CC1)C(N)=O)C(C)(C)C. The third-order valence-corrected chi connectivity index (χ3v) is 4.75. The molecule has 0 radical (unpaired) electrons. The summed E-state index contributed by atoms with van der Waals surface area (Å²) in [6.07, 6.45) is 4.13. The lowest BCUT2D eigenvalue weighted by Crippen LogP contribution is -2.54. The van der Waals surface area contributed by atoms with Crippen molar-refractivity contribution in [1.82, 2.24) is 10.2 Å². The van der Waals surface area contributed by atoms with Gasteiger partial charge in [-0.05, 0) is 58.5 Å². The summed E-state index contributed by atoms with van der Waals surface area (Å²) < 4.78 is 0. The number of carbonyl (C=O) groups excluding carboxylic acids is 1. The number of rotatable bonds is 8. The van der Waals surface area contributed by atoms with Crippen molar-refractivity contribution in [2.24, 2.45) is 11.1 Å². The molecule has 1 fully saturated rings. The summed E-state index contributed by atoms with van der Waals surface area (Å²) in [5.41, 5.74) is 5.30. The Morgan fingerprint density at radius 1 is 1.35 bits per heavy atom. The van der Waals surface area contributed by atoms with Crippen LogP contribution in [0.4, 0.5) is 0 Å². The van der Waals surface area contributed by atoms with Gasteiger partial charge in [-0.1, -0.05) is 20.8 Å². The summed E-state index contributed by atoms with van der Waals surface area (Å²) in [6.45, 7) is 12.0. The molecule has 1 amide bonds. The summed E-state index contributed by atoms with van der Waals surface area (Å²) >= 11 is 0. The molecule has 4 nitrogen and oxygen atoms in total. The predicted octanol–water partition coefficient (Wildman–Crippen LogP) is 2.13. The quantitative estimate of drug-likeness (QED) is 0.717. The van der Waals surface area contributed by atoms with E-state index in [0.29, 0.717) is 12.1 Å². The van der Waals surface area contributed by atoms with E-state index < -0.39 is 5.54 Å². The van der Waals surface area contributed by atoms with E-state index in [1.165, 1.54) is 12.8 Å². The maximum atomic E-state index is 11.7. The first-order chi connectivity index (χ1) is 9.06. The van der Waals surface area contributed by atoms with Crippen molar-refractivity contribution >= 4 is 5.91 Å². The molecule has 1 saturated carbocycles. The highest BCUT2D eigenvalue weighted by molar-refractivity contribution is 5.84. The average Bonchev–Trinajstić information content (AvgIpc) is 3.10. The van der Waals surface area contributed by atoms with Crippen LogP contribution in [0, 0.1) is 5.41 Å². The second kappa shape index (κ2) is 6.44. The molecule has 2 unspecified atom stereocenters. The molecule has 0 aromatic rings. The highest BCUT2D eigenvalue weighted by Crippen LogP contribution is 2.26. The normalized spacial score (nSPS) is 20.8. The molecule has 1 rings (SSSR count). The van der Waals surface area contributed by atoms with Crippen molar-refractivity contribution in [3.05, 3.63) is 0 Å². The third-order valence-electron chi connectivity index (χ3n) is 4.75. The van der Waals surface area contributed by atoms with Gasteiger partial charge >= 0.3 is 0 Å². The van der Waals surface area contributed by atoms with Crippen molar-refractivity contribution in [3.8, 4) is 0 Å². The van der Waals surface area contributed by atoms with Gasteiger partial charge in [0.2, 0.25) is 5.91 Å². The van der Waals surface area contributed by atoms with Crippen LogP contribution in [0.15, 0.2) is 0 Å². The monoisotopic (exact) mass is 283 g/mol. The molecule has 0 aromatic heterocycles. The first-order valence-electron chi connectivity index (χ1n) is 7.84. The van der Waals surface area contributed by atoms with Gasteiger partial charge < -0.3 is 16.0 Å². The Bertz CT molecular complexity index is 333. The van der Waals surface area contributed by atoms with Crippen LogP contribution in [-0.2, 0) is 4.79 Å². The Morgan fingerprint density at radius 2 is 1.90 bits per heavy atom. The summed E-state index contributed by atoms with van der Waals surface area (Å²) in [6, 6.07) is 1.01. The average molecular weight is 283 g/mol. The maximum absolute atomic E-state index is 11.7. The standard InChI is InChI=1S/C16H33N3O/c1-12(15(2,3)4)19(6)11-7-10-16(5,14(17)20)18-13-8-9-13/h12-13,18H,7-11H2,1-6H3,(H2,17,20). The topological polar surface area (TPSA) is 58.4 Å². The van der Waals surface area contributed by atoms with Crippen LogP contribution < -0.4 is 11.1 Å². The van der Waals surface area contributed by atoms with E-state index >= 15 is 0 Å². The van der Waals surface area contributed by atoms with E-state index in [0.717, 1.165) is 19.4 Å². The molecule has 118 valence electrons. The molecule has 0 aliphatic heterocycles. The summed E-state index contributed by atoms with van der Waals surface area (Å²) in [5.74, 6) is -0.226. The second-order valence-corrected chi connectivity index (χ2v) is 7.74. The van der Waals surface area contributed by atoms with Crippen molar-refractivity contribution in [3.63, 3.8) is 0 Å². The molecule has 0 saturated heterocycles. The number of hydrogen-bond donors (Lipinski definition) is 2. The number of nitrogens with zero attached hydrogens (tertiary/aromatic N) is 1. The van der Waals surface area contributed by atoms with Crippen LogP contribution in [-0.4, -0.2) is 42.0 Å². The molecule has 3 N–H and O–H groups in total. The molecule has 20 heavy (non-hydrogen) atoms. The van der Waals surface area contributed by atoms with Crippen molar-refractivity contribution in [2.75, 3.05) is 13.6 Å². The van der Waals surface area contributed by atoms with E-state index in [2.05, 4.69) is 45.0 Å². The van der Waals surface area contributed by atoms with Gasteiger partial charge in [-0.25, -0.2) is 0 Å². The summed E-state index contributed by atoms with van der Waals surface area (Å²) in [7, 11) is 2.16. The minimum Gasteiger partial charge on any atom is -0.368 e. The van der Waals surface area contributed by atoms with Gasteiger partial charge in [-0.15, -0.1) is 0 Å². The first kappa shape index (κ1) is 17.4. The minimum atomic E-state index is -0.549. The largest absolute Gasteiger partial charge is 0.368 e. The van der Waals surface area contributed by atoms with Crippen LogP contribution in [0.3, 0.4) is 0 Å². The van der Waals surface area contributed by atoms with E-state index in [1.807, 2.05) is 6.92 Å². The second-order valence-electron chi connectivity index (χ2n) is 7.74. The number of amides is 1. The Labute approximate surface area is 124 Å². The van der Waals surface area contributed by atoms with Gasteiger partial charge in [-0.3, -0.25) is 4.79 Å². The highest BCUT2D eigenvalue weighted by atomic mass is 16.1. The molecule has 0 aromatic carbocycles. The van der Waals surface area contributed by atoms with E-state index in [-0.39, 0.29) is 11.3 Å².